The van der Waals surface area contributed by atoms with Crippen LogP contribution >= 0.6 is 0 Å². The lowest BCUT2D eigenvalue weighted by Crippen LogP contribution is -2.30. The van der Waals surface area contributed by atoms with Crippen LogP contribution in [-0.2, 0) is 23.0 Å². The average molecular weight is 471 g/mol. The van der Waals surface area contributed by atoms with Crippen molar-refractivity contribution >= 4 is 16.7 Å². The molecule has 2 atom stereocenters. The zero-order chi connectivity index (χ0) is 23.5. The Morgan fingerprint density at radius 1 is 1.03 bits per heavy atom. The van der Waals surface area contributed by atoms with Gasteiger partial charge in [0.2, 0.25) is 5.89 Å². The second-order valence-corrected chi connectivity index (χ2v) is 9.97. The van der Waals surface area contributed by atoms with Gasteiger partial charge < -0.3 is 9.73 Å². The summed E-state index contributed by atoms with van der Waals surface area (Å²) in [6.07, 6.45) is 3.08. The van der Waals surface area contributed by atoms with Crippen molar-refractivity contribution < 1.29 is 13.4 Å². The third-order valence-corrected chi connectivity index (χ3v) is 7.57. The minimum Gasteiger partial charge on any atom is -0.441 e. The molecule has 0 radical (unpaired) electrons. The van der Waals surface area contributed by atoms with Gasteiger partial charge >= 0.3 is 0 Å². The number of nitrogens with one attached hydrogen (secondary N) is 1. The van der Waals surface area contributed by atoms with Crippen LogP contribution in [0, 0.1) is 6.92 Å². The lowest BCUT2D eigenvalue weighted by Gasteiger charge is -2.26. The average Bonchev–Trinajstić information content (AvgIpc) is 3.24. The van der Waals surface area contributed by atoms with Crippen LogP contribution in [0.4, 0.5) is 0 Å². The van der Waals surface area contributed by atoms with Crippen LogP contribution in [0.15, 0.2) is 88.2 Å². The summed E-state index contributed by atoms with van der Waals surface area (Å²) in [7, 11) is -1.19. The summed E-state index contributed by atoms with van der Waals surface area (Å²) in [5.74, 6) is 1.32. The van der Waals surface area contributed by atoms with Crippen LogP contribution in [0.3, 0.4) is 0 Å². The van der Waals surface area contributed by atoms with E-state index in [1.165, 1.54) is 11.1 Å². The summed E-state index contributed by atoms with van der Waals surface area (Å²) in [4.78, 5) is 18.2. The van der Waals surface area contributed by atoms with Crippen molar-refractivity contribution in [2.45, 2.75) is 42.9 Å². The normalized spacial score (nSPS) is 16.0. The molecule has 1 heterocycles. The summed E-state index contributed by atoms with van der Waals surface area (Å²) in [5.41, 5.74) is 4.59. The zero-order valence-corrected chi connectivity index (χ0v) is 19.8. The number of hydrogen-bond acceptors (Lipinski definition) is 4. The van der Waals surface area contributed by atoms with Gasteiger partial charge in [0.05, 0.1) is 28.3 Å². The number of rotatable bonds is 6. The fourth-order valence-corrected chi connectivity index (χ4v) is 5.52. The van der Waals surface area contributed by atoms with Crippen LogP contribution < -0.4 is 5.32 Å². The number of hydrogen-bond donors (Lipinski definition) is 1. The first-order valence-electron chi connectivity index (χ1n) is 11.5. The molecule has 4 aromatic rings. The first-order valence-corrected chi connectivity index (χ1v) is 12.8. The van der Waals surface area contributed by atoms with Gasteiger partial charge in [0.1, 0.15) is 5.76 Å². The van der Waals surface area contributed by atoms with E-state index in [9.17, 15) is 9.00 Å². The lowest BCUT2D eigenvalue weighted by atomic mass is 9.87. The lowest BCUT2D eigenvalue weighted by molar-refractivity contribution is 0.0932. The van der Waals surface area contributed by atoms with Crippen molar-refractivity contribution in [3.8, 4) is 11.5 Å². The first-order chi connectivity index (χ1) is 16.6. The van der Waals surface area contributed by atoms with E-state index < -0.39 is 10.8 Å². The quantitative estimate of drug-likeness (QED) is 0.389. The zero-order valence-electron chi connectivity index (χ0n) is 19.0. The van der Waals surface area contributed by atoms with E-state index in [1.54, 1.807) is 12.1 Å². The molecule has 0 spiro atoms. The van der Waals surface area contributed by atoms with E-state index >= 15 is 0 Å². The summed E-state index contributed by atoms with van der Waals surface area (Å²) in [6.45, 7) is 1.83. The highest BCUT2D eigenvalue weighted by molar-refractivity contribution is 7.84. The van der Waals surface area contributed by atoms with E-state index in [2.05, 4.69) is 28.5 Å². The molecule has 0 bridgehead atoms. The Balaban J connectivity index is 1.28. The van der Waals surface area contributed by atoms with Crippen molar-refractivity contribution in [3.63, 3.8) is 0 Å². The van der Waals surface area contributed by atoms with E-state index in [4.69, 9.17) is 4.42 Å². The number of nitrogens with zero attached hydrogens (tertiary/aromatic N) is 1. The molecule has 5 nitrogen and oxygen atoms in total. The Labute approximate surface area is 201 Å². The number of carbonyl (C=O) groups is 1. The number of aryl methyl sites for hydroxylation is 2. The standard InChI is InChI=1S/C28H26N2O3S/c1-19-26(18-34(32)23-10-3-2-4-11-23)30-28(33-19)22-16-14-21(15-17-22)27(31)29-25-13-7-9-20-8-5-6-12-24(20)25/h2-6,8,10-12,14-17,25H,7,9,13,18H2,1H3,(H,29,31)/t25-,34-/m0/s1. The molecule has 1 aromatic heterocycles. The SMILES string of the molecule is Cc1oc(-c2ccc(C(=O)N[C@H]3CCCc4ccccc43)cc2)nc1C[S@](=O)c1ccccc1. The van der Waals surface area contributed by atoms with Crippen molar-refractivity contribution in [1.29, 1.82) is 0 Å². The molecule has 5 rings (SSSR count). The Morgan fingerprint density at radius 2 is 1.76 bits per heavy atom. The van der Waals surface area contributed by atoms with Crippen LogP contribution in [0.25, 0.3) is 11.5 Å². The highest BCUT2D eigenvalue weighted by Gasteiger charge is 2.22. The number of aromatic nitrogens is 1. The highest BCUT2D eigenvalue weighted by Crippen LogP contribution is 2.30. The maximum Gasteiger partial charge on any atom is 0.251 e. The van der Waals surface area contributed by atoms with E-state index in [1.807, 2.05) is 55.5 Å². The summed E-state index contributed by atoms with van der Waals surface area (Å²) < 4.78 is 18.5. The number of carbonyl (C=O) groups excluding carboxylic acids is 1. The molecular weight excluding hydrogens is 444 g/mol. The number of amides is 1. The van der Waals surface area contributed by atoms with E-state index in [0.717, 1.165) is 29.7 Å². The Kier molecular flexibility index (Phi) is 6.41. The number of fused-ring (bicyclic) bond motifs is 1. The maximum atomic E-state index is 12.9. The van der Waals surface area contributed by atoms with Crippen LogP contribution in [-0.4, -0.2) is 15.1 Å². The van der Waals surface area contributed by atoms with Gasteiger partial charge in [0.25, 0.3) is 5.91 Å². The fraction of sp³-hybridized carbons (Fsp3) is 0.214. The predicted octanol–water partition coefficient (Wildman–Crippen LogP) is 5.77. The smallest absolute Gasteiger partial charge is 0.251 e. The first kappa shape index (κ1) is 22.3. The van der Waals surface area contributed by atoms with Gasteiger partial charge in [-0.1, -0.05) is 42.5 Å². The molecule has 0 aliphatic heterocycles. The van der Waals surface area contributed by atoms with Crippen LogP contribution in [0.5, 0.6) is 0 Å². The van der Waals surface area contributed by atoms with Crippen LogP contribution in [0.2, 0.25) is 0 Å². The van der Waals surface area contributed by atoms with Crippen LogP contribution in [0.1, 0.15) is 51.8 Å². The topological polar surface area (TPSA) is 72.2 Å². The molecule has 34 heavy (non-hydrogen) atoms. The number of oxazole rings is 1. The minimum absolute atomic E-state index is 0.0413. The summed E-state index contributed by atoms with van der Waals surface area (Å²) in [5, 5.41) is 3.19. The third-order valence-electron chi connectivity index (χ3n) is 6.24. The Bertz CT molecular complexity index is 1330. The third kappa shape index (κ3) is 4.73. The van der Waals surface area contributed by atoms with Crippen molar-refractivity contribution in [1.82, 2.24) is 10.3 Å². The van der Waals surface area contributed by atoms with E-state index in [-0.39, 0.29) is 11.9 Å². The molecule has 0 saturated carbocycles. The van der Waals surface area contributed by atoms with Gasteiger partial charge in [0, 0.05) is 16.0 Å². The molecule has 0 unspecified atom stereocenters. The monoisotopic (exact) mass is 470 g/mol. The van der Waals surface area contributed by atoms with Crippen molar-refractivity contribution in [3.05, 3.63) is 107 Å². The molecule has 6 heteroatoms. The van der Waals surface area contributed by atoms with Gasteiger partial charge in [-0.3, -0.25) is 9.00 Å². The van der Waals surface area contributed by atoms with Gasteiger partial charge in [0.15, 0.2) is 0 Å². The molecule has 172 valence electrons. The molecule has 1 aliphatic carbocycles. The Morgan fingerprint density at radius 3 is 2.56 bits per heavy atom. The maximum absolute atomic E-state index is 12.9. The Hall–Kier alpha value is -3.51. The van der Waals surface area contributed by atoms with Gasteiger partial charge in [-0.15, -0.1) is 0 Å². The minimum atomic E-state index is -1.19. The second-order valence-electron chi connectivity index (χ2n) is 8.52. The molecule has 1 aliphatic rings. The molecule has 3 aromatic carbocycles. The summed E-state index contributed by atoms with van der Waals surface area (Å²) in [6, 6.07) is 25.0. The van der Waals surface area contributed by atoms with E-state index in [0.29, 0.717) is 28.7 Å². The number of benzene rings is 3. The van der Waals surface area contributed by atoms with Gasteiger partial charge in [-0.05, 0) is 73.7 Å². The fourth-order valence-electron chi connectivity index (χ4n) is 4.37. The van der Waals surface area contributed by atoms with Crippen molar-refractivity contribution in [2.24, 2.45) is 0 Å². The largest absolute Gasteiger partial charge is 0.441 e. The molecule has 0 saturated heterocycles. The molecule has 1 amide bonds. The predicted molar refractivity (Wildman–Crippen MR) is 133 cm³/mol. The summed E-state index contributed by atoms with van der Waals surface area (Å²) >= 11 is 0. The molecule has 1 N–H and O–H groups in total. The molecule has 0 fully saturated rings. The van der Waals surface area contributed by atoms with Gasteiger partial charge in [-0.2, -0.15) is 0 Å². The highest BCUT2D eigenvalue weighted by atomic mass is 32.2. The van der Waals surface area contributed by atoms with Crippen molar-refractivity contribution in [2.75, 3.05) is 0 Å². The second kappa shape index (κ2) is 9.77. The van der Waals surface area contributed by atoms with Gasteiger partial charge in [-0.25, -0.2) is 4.98 Å². The molecular formula is C28H26N2O3S.